The van der Waals surface area contributed by atoms with E-state index in [2.05, 4.69) is 22.0 Å². The van der Waals surface area contributed by atoms with Crippen molar-refractivity contribution in [1.82, 2.24) is 0 Å². The molecule has 0 saturated heterocycles. The van der Waals surface area contributed by atoms with Crippen molar-refractivity contribution < 1.29 is 74.9 Å². The Labute approximate surface area is 153 Å². The van der Waals surface area contributed by atoms with Crippen LogP contribution in [0, 0.1) is 6.07 Å². The molecule has 1 rings (SSSR count). The number of methoxy groups -OCH3 is 1. The van der Waals surface area contributed by atoms with Crippen LogP contribution in [-0.4, -0.2) is 19.3 Å². The molecule has 0 N–H and O–H groups in total. The molecule has 3 nitrogen and oxygen atoms in total. The Morgan fingerprint density at radius 3 is 2.82 bits per heavy atom. The maximum atomic E-state index is 10.8. The van der Waals surface area contributed by atoms with Crippen LogP contribution in [0.15, 0.2) is 29.3 Å². The van der Waals surface area contributed by atoms with Crippen LogP contribution in [-0.2, 0) is 74.9 Å². The van der Waals surface area contributed by atoms with Crippen molar-refractivity contribution >= 4 is 17.9 Å². The number of carbonyl (C=O) groups is 1. The van der Waals surface area contributed by atoms with E-state index in [1.165, 1.54) is 7.11 Å². The van der Waals surface area contributed by atoms with Gasteiger partial charge in [-0.15, -0.1) is 0 Å². The average molecular weight is 381 g/mol. The number of aliphatic imine (C=N–C) groups is 1. The van der Waals surface area contributed by atoms with Crippen LogP contribution in [0.25, 0.3) is 0 Å². The molecule has 86 valence electrons. The van der Waals surface area contributed by atoms with Crippen LogP contribution in [0.5, 0.6) is 0 Å². The molecule has 0 spiro atoms. The van der Waals surface area contributed by atoms with Gasteiger partial charge in [0.15, 0.2) is 0 Å². The van der Waals surface area contributed by atoms with Gasteiger partial charge in [0.1, 0.15) is 0 Å². The SMILES string of the molecule is COC(=O)CCC[C-]=Nc1[c-]cccc1.[Y].[Y]. The maximum absolute atomic E-state index is 10.8. The number of carbonyl (C=O) groups excluding carboxylic acids is 1. The van der Waals surface area contributed by atoms with Crippen LogP contribution in [0.4, 0.5) is 5.69 Å². The van der Waals surface area contributed by atoms with Crippen LogP contribution < -0.4 is 0 Å². The largest absolute Gasteiger partial charge is 0.482 e. The zero-order valence-electron chi connectivity index (χ0n) is 9.85. The van der Waals surface area contributed by atoms with Crippen molar-refractivity contribution in [1.29, 1.82) is 0 Å². The minimum absolute atomic E-state index is 0. The molecule has 1 aromatic carbocycles. The molecule has 0 unspecified atom stereocenters. The van der Waals surface area contributed by atoms with Crippen molar-refractivity contribution in [3.8, 4) is 0 Å². The van der Waals surface area contributed by atoms with Gasteiger partial charge in [-0.05, 0) is 0 Å². The summed E-state index contributed by atoms with van der Waals surface area (Å²) >= 11 is 0. The van der Waals surface area contributed by atoms with Crippen LogP contribution in [0.3, 0.4) is 0 Å². The van der Waals surface area contributed by atoms with Crippen molar-refractivity contribution in [2.45, 2.75) is 19.3 Å². The molecular formula is C12H13NO2Y2-2. The van der Waals surface area contributed by atoms with Gasteiger partial charge in [-0.25, -0.2) is 11.8 Å². The predicted molar refractivity (Wildman–Crippen MR) is 58.2 cm³/mol. The molecule has 0 fully saturated rings. The fourth-order valence-electron chi connectivity index (χ4n) is 1.01. The molecule has 0 atom stereocenters. The number of unbranched alkanes of at least 4 members (excludes halogenated alkanes) is 1. The smallest absolute Gasteiger partial charge is 0.305 e. The summed E-state index contributed by atoms with van der Waals surface area (Å²) in [5.41, 5.74) is 0.760. The molecule has 0 heterocycles. The van der Waals surface area contributed by atoms with Gasteiger partial charge in [-0.1, -0.05) is 12.8 Å². The Balaban J connectivity index is 0. The summed E-state index contributed by atoms with van der Waals surface area (Å²) in [7, 11) is 1.39. The van der Waals surface area contributed by atoms with Crippen LogP contribution >= 0.6 is 0 Å². The van der Waals surface area contributed by atoms with E-state index in [9.17, 15) is 4.79 Å². The molecule has 0 bridgehead atoms. The van der Waals surface area contributed by atoms with Gasteiger partial charge in [0.05, 0.1) is 7.11 Å². The molecular weight excluding hydrogens is 368 g/mol. The summed E-state index contributed by atoms with van der Waals surface area (Å²) in [5, 5.41) is 0. The molecule has 0 amide bonds. The van der Waals surface area contributed by atoms with E-state index >= 15 is 0 Å². The standard InChI is InChI=1S/C12H13NO2.2Y/c1-15-12(14)9-5-6-10-13-11-7-3-2-4-8-11;;/h2-4,7H,5-6,9H2,1H3;;/q-2;;. The molecule has 5 heteroatoms. The van der Waals surface area contributed by atoms with Crippen molar-refractivity contribution in [3.05, 3.63) is 30.3 Å². The number of nitrogens with zero attached hydrogens (tertiary/aromatic N) is 1. The second-order valence-corrected chi connectivity index (χ2v) is 2.95. The minimum atomic E-state index is -0.192. The van der Waals surface area contributed by atoms with E-state index in [0.717, 1.165) is 5.69 Å². The fourth-order valence-corrected chi connectivity index (χ4v) is 1.01. The van der Waals surface area contributed by atoms with Gasteiger partial charge in [-0.2, -0.15) is 24.4 Å². The van der Waals surface area contributed by atoms with E-state index in [1.807, 2.05) is 18.2 Å². The summed E-state index contributed by atoms with van der Waals surface area (Å²) in [6.07, 6.45) is 4.64. The molecule has 2 radical (unpaired) electrons. The monoisotopic (exact) mass is 381 g/mol. The van der Waals surface area contributed by atoms with E-state index in [1.54, 1.807) is 6.07 Å². The first-order valence-corrected chi connectivity index (χ1v) is 4.80. The summed E-state index contributed by atoms with van der Waals surface area (Å²) < 4.78 is 4.51. The van der Waals surface area contributed by atoms with E-state index in [4.69, 9.17) is 0 Å². The van der Waals surface area contributed by atoms with Crippen molar-refractivity contribution in [3.63, 3.8) is 0 Å². The second-order valence-electron chi connectivity index (χ2n) is 2.95. The summed E-state index contributed by atoms with van der Waals surface area (Å²) in [6.45, 7) is 0. The van der Waals surface area contributed by atoms with Gasteiger partial charge < -0.3 is 9.73 Å². The Hall–Kier alpha value is 0.568. The third kappa shape index (κ3) is 10.2. The molecule has 1 aromatic rings. The summed E-state index contributed by atoms with van der Waals surface area (Å²) in [6, 6.07) is 10.4. The summed E-state index contributed by atoms with van der Waals surface area (Å²) in [4.78, 5) is 14.8. The number of para-hydroxylation sites is 1. The Bertz CT molecular complexity index is 329. The zero-order valence-corrected chi connectivity index (χ0v) is 15.5. The third-order valence-electron chi connectivity index (χ3n) is 1.79. The Morgan fingerprint density at radius 1 is 1.47 bits per heavy atom. The first kappa shape index (κ1) is 19.9. The van der Waals surface area contributed by atoms with Crippen molar-refractivity contribution in [2.24, 2.45) is 4.99 Å². The first-order chi connectivity index (χ1) is 7.33. The van der Waals surface area contributed by atoms with Gasteiger partial charge in [0.25, 0.3) is 0 Å². The normalized spacial score (nSPS) is 9.24. The van der Waals surface area contributed by atoms with Gasteiger partial charge in [-0.3, -0.25) is 10.9 Å². The van der Waals surface area contributed by atoms with Gasteiger partial charge in [0, 0.05) is 71.8 Å². The van der Waals surface area contributed by atoms with E-state index < -0.39 is 0 Å². The van der Waals surface area contributed by atoms with Crippen LogP contribution in [0.2, 0.25) is 0 Å². The molecule has 0 aliphatic carbocycles. The minimum Gasteiger partial charge on any atom is -0.482 e. The number of benzene rings is 1. The van der Waals surface area contributed by atoms with Gasteiger partial charge in [0.2, 0.25) is 0 Å². The zero-order chi connectivity index (χ0) is 10.9. The topological polar surface area (TPSA) is 38.7 Å². The predicted octanol–water partition coefficient (Wildman–Crippen LogP) is 2.40. The molecule has 0 aliphatic rings. The number of hydrogen-bond donors (Lipinski definition) is 0. The van der Waals surface area contributed by atoms with E-state index in [-0.39, 0.29) is 71.4 Å². The Morgan fingerprint density at radius 2 is 2.24 bits per heavy atom. The van der Waals surface area contributed by atoms with Gasteiger partial charge >= 0.3 is 5.97 Å². The molecule has 0 aromatic heterocycles. The van der Waals surface area contributed by atoms with Crippen molar-refractivity contribution in [2.75, 3.05) is 7.11 Å². The van der Waals surface area contributed by atoms with Crippen LogP contribution in [0.1, 0.15) is 19.3 Å². The summed E-state index contributed by atoms with van der Waals surface area (Å²) in [5.74, 6) is -0.192. The quantitative estimate of drug-likeness (QED) is 0.340. The molecule has 0 saturated carbocycles. The number of hydrogen-bond acceptors (Lipinski definition) is 3. The molecule has 17 heavy (non-hydrogen) atoms. The second kappa shape index (κ2) is 13.0. The molecule has 0 aliphatic heterocycles. The Kier molecular flexibility index (Phi) is 15.2. The first-order valence-electron chi connectivity index (χ1n) is 4.80. The average Bonchev–Trinajstić information content (AvgIpc) is 2.29. The maximum Gasteiger partial charge on any atom is 0.305 e. The van der Waals surface area contributed by atoms with E-state index in [0.29, 0.717) is 19.3 Å². The number of rotatable bonds is 5. The third-order valence-corrected chi connectivity index (χ3v) is 1.79. The fraction of sp³-hybridized carbons (Fsp3) is 0.333. The number of ether oxygens (including phenoxy) is 1. The number of esters is 1.